The minimum absolute atomic E-state index is 0.0249. The second-order valence-corrected chi connectivity index (χ2v) is 6.12. The average Bonchev–Trinajstić information content (AvgIpc) is 2.20. The minimum Gasteiger partial charge on any atom is -0.0948 e. The van der Waals surface area contributed by atoms with Crippen molar-refractivity contribution < 1.29 is 0 Å². The monoisotopic (exact) mass is 206 g/mol. The van der Waals surface area contributed by atoms with Crippen LogP contribution in [0.4, 0.5) is 0 Å². The molecule has 0 spiro atoms. The van der Waals surface area contributed by atoms with Gasteiger partial charge in [-0.05, 0) is 30.6 Å². The standard InChI is InChI=1S/C13H19P/c1-5-13(11(2)14(3)4)12-9-7-6-8-10-12/h6-10,13H,2,5H2,1,3-4H3. The van der Waals surface area contributed by atoms with E-state index in [1.807, 2.05) is 0 Å². The molecule has 1 heteroatoms. The van der Waals surface area contributed by atoms with Gasteiger partial charge in [0, 0.05) is 5.92 Å². The van der Waals surface area contributed by atoms with E-state index in [-0.39, 0.29) is 7.92 Å². The SMILES string of the molecule is C=C(C(CC)c1ccccc1)P(C)C. The smallest absolute Gasteiger partial charge is 0.00850 e. The second-order valence-electron chi connectivity index (χ2n) is 3.76. The van der Waals surface area contributed by atoms with Crippen molar-refractivity contribution in [3.8, 4) is 0 Å². The lowest BCUT2D eigenvalue weighted by molar-refractivity contribution is 0.794. The van der Waals surface area contributed by atoms with Gasteiger partial charge in [0.25, 0.3) is 0 Å². The third kappa shape index (κ3) is 2.69. The summed E-state index contributed by atoms with van der Waals surface area (Å²) in [6.07, 6.45) is 1.16. The first kappa shape index (κ1) is 11.5. The maximum absolute atomic E-state index is 4.23. The highest BCUT2D eigenvalue weighted by Gasteiger charge is 2.14. The van der Waals surface area contributed by atoms with Crippen molar-refractivity contribution in [3.63, 3.8) is 0 Å². The molecule has 0 amide bonds. The zero-order valence-corrected chi connectivity index (χ0v) is 10.2. The Bertz CT molecular complexity index is 287. The van der Waals surface area contributed by atoms with Gasteiger partial charge in [0.15, 0.2) is 0 Å². The zero-order valence-electron chi connectivity index (χ0n) is 9.33. The van der Waals surface area contributed by atoms with Gasteiger partial charge in [0.1, 0.15) is 0 Å². The van der Waals surface area contributed by atoms with Gasteiger partial charge < -0.3 is 0 Å². The van der Waals surface area contributed by atoms with E-state index in [4.69, 9.17) is 0 Å². The van der Waals surface area contributed by atoms with Gasteiger partial charge in [-0.2, -0.15) is 0 Å². The van der Waals surface area contributed by atoms with E-state index >= 15 is 0 Å². The van der Waals surface area contributed by atoms with Crippen LogP contribution in [0.25, 0.3) is 0 Å². The van der Waals surface area contributed by atoms with Gasteiger partial charge in [-0.25, -0.2) is 0 Å². The summed E-state index contributed by atoms with van der Waals surface area (Å²) in [5.74, 6) is 0.553. The third-order valence-corrected chi connectivity index (χ3v) is 4.05. The first-order valence-corrected chi connectivity index (χ1v) is 7.31. The normalized spacial score (nSPS) is 12.9. The predicted octanol–water partition coefficient (Wildman–Crippen LogP) is 4.44. The lowest BCUT2D eigenvalue weighted by atomic mass is 9.97. The molecule has 0 radical (unpaired) electrons. The van der Waals surface area contributed by atoms with Crippen LogP contribution in [0, 0.1) is 0 Å². The Morgan fingerprint density at radius 2 is 1.86 bits per heavy atom. The van der Waals surface area contributed by atoms with Crippen molar-refractivity contribution in [1.82, 2.24) is 0 Å². The summed E-state index contributed by atoms with van der Waals surface area (Å²) in [7, 11) is -0.0249. The Morgan fingerprint density at radius 3 is 2.29 bits per heavy atom. The van der Waals surface area contributed by atoms with Crippen molar-refractivity contribution in [3.05, 3.63) is 47.8 Å². The summed E-state index contributed by atoms with van der Waals surface area (Å²) < 4.78 is 0. The summed E-state index contributed by atoms with van der Waals surface area (Å²) in [6.45, 7) is 11.0. The van der Waals surface area contributed by atoms with Crippen LogP contribution in [0.1, 0.15) is 24.8 Å². The Hall–Kier alpha value is -0.610. The quantitative estimate of drug-likeness (QED) is 0.639. The Morgan fingerprint density at radius 1 is 1.29 bits per heavy atom. The van der Waals surface area contributed by atoms with Gasteiger partial charge in [-0.3, -0.25) is 0 Å². The van der Waals surface area contributed by atoms with Gasteiger partial charge >= 0.3 is 0 Å². The van der Waals surface area contributed by atoms with E-state index in [9.17, 15) is 0 Å². The van der Waals surface area contributed by atoms with Crippen molar-refractivity contribution in [2.75, 3.05) is 13.3 Å². The van der Waals surface area contributed by atoms with Crippen molar-refractivity contribution in [2.24, 2.45) is 0 Å². The maximum Gasteiger partial charge on any atom is 0.00850 e. The molecule has 0 bridgehead atoms. The molecule has 0 saturated heterocycles. The molecular weight excluding hydrogens is 187 g/mol. The largest absolute Gasteiger partial charge is 0.0948 e. The zero-order chi connectivity index (χ0) is 10.6. The average molecular weight is 206 g/mol. The highest BCUT2D eigenvalue weighted by atomic mass is 31.1. The molecule has 0 nitrogen and oxygen atoms in total. The summed E-state index contributed by atoms with van der Waals surface area (Å²) in [6, 6.07) is 10.7. The summed E-state index contributed by atoms with van der Waals surface area (Å²) in [5.41, 5.74) is 1.41. The molecule has 1 aromatic carbocycles. The molecular formula is C13H19P. The number of rotatable bonds is 4. The molecule has 1 aromatic rings. The minimum atomic E-state index is -0.0249. The van der Waals surface area contributed by atoms with Gasteiger partial charge in [-0.1, -0.05) is 51.8 Å². The molecule has 0 saturated carbocycles. The summed E-state index contributed by atoms with van der Waals surface area (Å²) >= 11 is 0. The highest BCUT2D eigenvalue weighted by Crippen LogP contribution is 2.45. The van der Waals surface area contributed by atoms with Crippen LogP contribution in [0.2, 0.25) is 0 Å². The molecule has 0 aliphatic heterocycles. The van der Waals surface area contributed by atoms with E-state index in [2.05, 4.69) is 57.2 Å². The van der Waals surface area contributed by atoms with E-state index in [0.29, 0.717) is 5.92 Å². The Kier molecular flexibility index (Phi) is 4.35. The van der Waals surface area contributed by atoms with Gasteiger partial charge in [-0.15, -0.1) is 0 Å². The third-order valence-electron chi connectivity index (χ3n) is 2.59. The molecule has 1 atom stereocenters. The molecule has 14 heavy (non-hydrogen) atoms. The van der Waals surface area contributed by atoms with Crippen molar-refractivity contribution >= 4 is 7.92 Å². The summed E-state index contributed by atoms with van der Waals surface area (Å²) in [4.78, 5) is 0. The topological polar surface area (TPSA) is 0 Å². The van der Waals surface area contributed by atoms with E-state index in [0.717, 1.165) is 6.42 Å². The molecule has 1 unspecified atom stereocenters. The molecule has 1 rings (SSSR count). The number of benzene rings is 1. The maximum atomic E-state index is 4.23. The fraction of sp³-hybridized carbons (Fsp3) is 0.385. The lowest BCUT2D eigenvalue weighted by Crippen LogP contribution is -1.98. The highest BCUT2D eigenvalue weighted by molar-refractivity contribution is 7.60. The molecule has 0 aliphatic carbocycles. The van der Waals surface area contributed by atoms with Crippen LogP contribution in [0.3, 0.4) is 0 Å². The van der Waals surface area contributed by atoms with E-state index < -0.39 is 0 Å². The summed E-state index contributed by atoms with van der Waals surface area (Å²) in [5, 5.41) is 1.41. The molecule has 0 heterocycles. The Labute approximate surface area is 88.8 Å². The van der Waals surface area contributed by atoms with Crippen LogP contribution >= 0.6 is 7.92 Å². The van der Waals surface area contributed by atoms with Crippen LogP contribution < -0.4 is 0 Å². The molecule has 0 aliphatic rings. The first-order valence-electron chi connectivity index (χ1n) is 5.07. The fourth-order valence-electron chi connectivity index (χ4n) is 1.66. The second kappa shape index (κ2) is 5.32. The van der Waals surface area contributed by atoms with E-state index in [1.54, 1.807) is 0 Å². The van der Waals surface area contributed by atoms with E-state index in [1.165, 1.54) is 10.9 Å². The van der Waals surface area contributed by atoms with Crippen LogP contribution in [-0.4, -0.2) is 13.3 Å². The molecule has 0 fully saturated rings. The Balaban J connectivity index is 2.88. The number of allylic oxidation sites excluding steroid dienone is 1. The fourth-order valence-corrected chi connectivity index (χ4v) is 2.62. The van der Waals surface area contributed by atoms with Gasteiger partial charge in [0.05, 0.1) is 0 Å². The molecule has 0 aromatic heterocycles. The van der Waals surface area contributed by atoms with Crippen molar-refractivity contribution in [2.45, 2.75) is 19.3 Å². The predicted molar refractivity (Wildman–Crippen MR) is 67.4 cm³/mol. The lowest BCUT2D eigenvalue weighted by Gasteiger charge is -2.21. The first-order chi connectivity index (χ1) is 6.66. The van der Waals surface area contributed by atoms with Crippen molar-refractivity contribution in [1.29, 1.82) is 0 Å². The van der Waals surface area contributed by atoms with Crippen LogP contribution in [0.5, 0.6) is 0 Å². The molecule has 76 valence electrons. The van der Waals surface area contributed by atoms with Crippen LogP contribution in [-0.2, 0) is 0 Å². The van der Waals surface area contributed by atoms with Gasteiger partial charge in [0.2, 0.25) is 0 Å². The number of hydrogen-bond acceptors (Lipinski definition) is 0. The molecule has 0 N–H and O–H groups in total. The number of hydrogen-bond donors (Lipinski definition) is 0. The van der Waals surface area contributed by atoms with Crippen LogP contribution in [0.15, 0.2) is 42.2 Å².